The van der Waals surface area contributed by atoms with Crippen molar-refractivity contribution in [1.82, 2.24) is 0 Å². The van der Waals surface area contributed by atoms with Crippen LogP contribution in [0.1, 0.15) is 27.2 Å². The van der Waals surface area contributed by atoms with Crippen LogP contribution in [0, 0.1) is 5.41 Å². The molecule has 0 heterocycles. The zero-order valence-electron chi connectivity index (χ0n) is 11.4. The van der Waals surface area contributed by atoms with Crippen molar-refractivity contribution in [3.8, 4) is 0 Å². The van der Waals surface area contributed by atoms with Crippen LogP contribution >= 0.6 is 11.8 Å². The van der Waals surface area contributed by atoms with E-state index in [1.54, 1.807) is 12.1 Å². The van der Waals surface area contributed by atoms with E-state index < -0.39 is 5.97 Å². The number of aliphatic carboxylic acids is 1. The summed E-state index contributed by atoms with van der Waals surface area (Å²) in [5, 5.41) is 11.5. The zero-order valence-corrected chi connectivity index (χ0v) is 12.2. The van der Waals surface area contributed by atoms with Crippen LogP contribution in [-0.4, -0.2) is 22.7 Å². The van der Waals surface area contributed by atoms with Gasteiger partial charge in [0.15, 0.2) is 0 Å². The molecule has 0 atom stereocenters. The first-order valence-electron chi connectivity index (χ1n) is 6.01. The molecule has 1 aromatic carbocycles. The molecule has 0 fully saturated rings. The third kappa shape index (κ3) is 6.29. The van der Waals surface area contributed by atoms with E-state index in [2.05, 4.69) is 5.32 Å². The summed E-state index contributed by atoms with van der Waals surface area (Å²) >= 11 is 1.20. The number of carbonyl (C=O) groups is 2. The molecule has 104 valence electrons. The van der Waals surface area contributed by atoms with E-state index in [1.165, 1.54) is 11.8 Å². The minimum absolute atomic E-state index is 0.0217. The first kappa shape index (κ1) is 15.6. The molecule has 19 heavy (non-hydrogen) atoms. The molecule has 1 amide bonds. The summed E-state index contributed by atoms with van der Waals surface area (Å²) < 4.78 is 0. The Labute approximate surface area is 117 Å². The lowest BCUT2D eigenvalue weighted by atomic mass is 9.92. The van der Waals surface area contributed by atoms with Gasteiger partial charge in [-0.2, -0.15) is 0 Å². The third-order valence-electron chi connectivity index (χ3n) is 2.20. The number of thioether (sulfide) groups is 1. The Bertz CT molecular complexity index is 466. The van der Waals surface area contributed by atoms with Gasteiger partial charge in [0.1, 0.15) is 0 Å². The maximum absolute atomic E-state index is 11.9. The Hall–Kier alpha value is -1.49. The number of anilines is 1. The van der Waals surface area contributed by atoms with Crippen LogP contribution in [0.15, 0.2) is 29.2 Å². The van der Waals surface area contributed by atoms with Gasteiger partial charge in [0.05, 0.1) is 11.4 Å². The molecule has 2 N–H and O–H groups in total. The molecule has 0 spiro atoms. The Morgan fingerprint density at radius 1 is 1.26 bits per heavy atom. The lowest BCUT2D eigenvalue weighted by Gasteiger charge is -2.18. The van der Waals surface area contributed by atoms with Gasteiger partial charge in [-0.05, 0) is 17.5 Å². The number of amides is 1. The van der Waals surface area contributed by atoms with Gasteiger partial charge in [0.2, 0.25) is 5.91 Å². The summed E-state index contributed by atoms with van der Waals surface area (Å²) in [6.45, 7) is 5.99. The summed E-state index contributed by atoms with van der Waals surface area (Å²) in [6, 6.07) is 7.23. The van der Waals surface area contributed by atoms with Crippen LogP contribution in [0.3, 0.4) is 0 Å². The molecule has 0 aliphatic heterocycles. The number of hydrogen-bond donors (Lipinski definition) is 2. The molecule has 0 saturated heterocycles. The summed E-state index contributed by atoms with van der Waals surface area (Å²) in [4.78, 5) is 23.2. The smallest absolute Gasteiger partial charge is 0.313 e. The number of hydrogen-bond acceptors (Lipinski definition) is 3. The largest absolute Gasteiger partial charge is 0.481 e. The van der Waals surface area contributed by atoms with E-state index in [1.807, 2.05) is 32.9 Å². The fraction of sp³-hybridized carbons (Fsp3) is 0.429. The van der Waals surface area contributed by atoms with Crippen molar-refractivity contribution in [2.45, 2.75) is 32.1 Å². The average molecular weight is 281 g/mol. The van der Waals surface area contributed by atoms with E-state index in [9.17, 15) is 9.59 Å². The Morgan fingerprint density at radius 2 is 1.89 bits per heavy atom. The molecule has 0 saturated carbocycles. The maximum Gasteiger partial charge on any atom is 0.313 e. The number of rotatable bonds is 5. The summed E-state index contributed by atoms with van der Waals surface area (Å²) in [5.41, 5.74) is 0.593. The number of nitrogens with one attached hydrogen (secondary N) is 1. The lowest BCUT2D eigenvalue weighted by molar-refractivity contribution is -0.133. The highest BCUT2D eigenvalue weighted by Crippen LogP contribution is 2.28. The molecule has 5 heteroatoms. The molecule has 0 aliphatic carbocycles. The highest BCUT2D eigenvalue weighted by atomic mass is 32.2. The van der Waals surface area contributed by atoms with E-state index in [-0.39, 0.29) is 17.1 Å². The minimum Gasteiger partial charge on any atom is -0.481 e. The zero-order chi connectivity index (χ0) is 14.5. The first-order chi connectivity index (χ1) is 8.78. The van der Waals surface area contributed by atoms with Gasteiger partial charge in [-0.25, -0.2) is 0 Å². The van der Waals surface area contributed by atoms with Gasteiger partial charge in [0, 0.05) is 11.3 Å². The van der Waals surface area contributed by atoms with Gasteiger partial charge < -0.3 is 10.4 Å². The van der Waals surface area contributed by atoms with Crippen LogP contribution in [0.4, 0.5) is 5.69 Å². The van der Waals surface area contributed by atoms with Crippen molar-refractivity contribution >= 4 is 29.3 Å². The average Bonchev–Trinajstić information content (AvgIpc) is 2.25. The Balaban J connectivity index is 2.72. The van der Waals surface area contributed by atoms with Gasteiger partial charge in [-0.1, -0.05) is 32.9 Å². The fourth-order valence-corrected chi connectivity index (χ4v) is 2.24. The molecule has 0 radical (unpaired) electrons. The SMILES string of the molecule is CC(C)(C)CC(=O)Nc1ccccc1SCC(=O)O. The Kier molecular flexibility index (Phi) is 5.42. The molecule has 0 aromatic heterocycles. The minimum atomic E-state index is -0.874. The molecule has 4 nitrogen and oxygen atoms in total. The second-order valence-electron chi connectivity index (χ2n) is 5.46. The molecule has 1 rings (SSSR count). The summed E-state index contributed by atoms with van der Waals surface area (Å²) in [5.74, 6) is -0.955. The van der Waals surface area contributed by atoms with Gasteiger partial charge >= 0.3 is 5.97 Å². The van der Waals surface area contributed by atoms with Crippen LogP contribution in [0.5, 0.6) is 0 Å². The predicted octanol–water partition coefficient (Wildman–Crippen LogP) is 3.24. The van der Waals surface area contributed by atoms with Gasteiger partial charge in [0.25, 0.3) is 0 Å². The van der Waals surface area contributed by atoms with Crippen molar-refractivity contribution in [3.05, 3.63) is 24.3 Å². The number of carboxylic acid groups (broad SMARTS) is 1. The van der Waals surface area contributed by atoms with Crippen LogP contribution in [-0.2, 0) is 9.59 Å². The monoisotopic (exact) mass is 281 g/mol. The van der Waals surface area contributed by atoms with Crippen LogP contribution < -0.4 is 5.32 Å². The van der Waals surface area contributed by atoms with E-state index in [4.69, 9.17) is 5.11 Å². The van der Waals surface area contributed by atoms with Crippen molar-refractivity contribution in [3.63, 3.8) is 0 Å². The molecular weight excluding hydrogens is 262 g/mol. The second-order valence-corrected chi connectivity index (χ2v) is 6.48. The molecule has 0 aliphatic rings. The summed E-state index contributed by atoms with van der Waals surface area (Å²) in [6.07, 6.45) is 0.422. The van der Waals surface area contributed by atoms with Gasteiger partial charge in [-0.15, -0.1) is 11.8 Å². The van der Waals surface area contributed by atoms with E-state index in [0.29, 0.717) is 12.1 Å². The van der Waals surface area contributed by atoms with Crippen molar-refractivity contribution in [2.24, 2.45) is 5.41 Å². The number of para-hydroxylation sites is 1. The predicted molar refractivity (Wildman–Crippen MR) is 77.5 cm³/mol. The van der Waals surface area contributed by atoms with E-state index >= 15 is 0 Å². The number of carbonyl (C=O) groups excluding carboxylic acids is 1. The van der Waals surface area contributed by atoms with Crippen molar-refractivity contribution < 1.29 is 14.7 Å². The highest BCUT2D eigenvalue weighted by molar-refractivity contribution is 8.00. The van der Waals surface area contributed by atoms with Crippen molar-refractivity contribution in [2.75, 3.05) is 11.1 Å². The fourth-order valence-electron chi connectivity index (χ4n) is 1.51. The lowest BCUT2D eigenvalue weighted by Crippen LogP contribution is -2.20. The third-order valence-corrected chi connectivity index (χ3v) is 3.26. The molecule has 0 unspecified atom stereocenters. The molecule has 1 aromatic rings. The first-order valence-corrected chi connectivity index (χ1v) is 7.00. The standard InChI is InChI=1S/C14H19NO3S/c1-14(2,3)8-12(16)15-10-6-4-5-7-11(10)19-9-13(17)18/h4-7H,8-9H2,1-3H3,(H,15,16)(H,17,18). The highest BCUT2D eigenvalue weighted by Gasteiger charge is 2.17. The normalized spacial score (nSPS) is 11.1. The van der Waals surface area contributed by atoms with Crippen LogP contribution in [0.2, 0.25) is 0 Å². The van der Waals surface area contributed by atoms with Gasteiger partial charge in [-0.3, -0.25) is 9.59 Å². The topological polar surface area (TPSA) is 66.4 Å². The number of carboxylic acids is 1. The van der Waals surface area contributed by atoms with E-state index in [0.717, 1.165) is 4.90 Å². The second kappa shape index (κ2) is 6.61. The molecule has 0 bridgehead atoms. The Morgan fingerprint density at radius 3 is 2.47 bits per heavy atom. The summed E-state index contributed by atoms with van der Waals surface area (Å²) in [7, 11) is 0. The van der Waals surface area contributed by atoms with Crippen molar-refractivity contribution in [1.29, 1.82) is 0 Å². The maximum atomic E-state index is 11.9. The molecular formula is C14H19NO3S. The quantitative estimate of drug-likeness (QED) is 0.813. The number of benzene rings is 1. The van der Waals surface area contributed by atoms with Crippen LogP contribution in [0.25, 0.3) is 0 Å².